The Hall–Kier alpha value is -2.34. The molecule has 116 valence electrons. The first-order chi connectivity index (χ1) is 10.5. The third-order valence-corrected chi connectivity index (χ3v) is 3.23. The minimum absolute atomic E-state index is 0.0800. The molecule has 0 saturated heterocycles. The van der Waals surface area contributed by atoms with Crippen molar-refractivity contribution < 1.29 is 23.3 Å². The standard InChI is InChI=1S/C16H15F3N2O/c1-10(11-5-6-14(18)15(19)7-11)20-9-16(22)21-13-4-2-3-12(17)8-13/h2-8,10,20H,9H2,1H3,(H,21,22)/p+1/t10-/m1/s1. The van der Waals surface area contributed by atoms with Gasteiger partial charge in [0.15, 0.2) is 18.2 Å². The van der Waals surface area contributed by atoms with Crippen LogP contribution in [0.3, 0.4) is 0 Å². The Kier molecular flexibility index (Phi) is 5.16. The highest BCUT2D eigenvalue weighted by atomic mass is 19.2. The molecular weight excluding hydrogens is 293 g/mol. The van der Waals surface area contributed by atoms with Gasteiger partial charge in [-0.1, -0.05) is 6.07 Å². The Labute approximate surface area is 126 Å². The Balaban J connectivity index is 1.88. The van der Waals surface area contributed by atoms with Gasteiger partial charge in [0, 0.05) is 11.3 Å². The number of amides is 1. The molecule has 0 spiro atoms. The molecule has 6 heteroatoms. The predicted octanol–water partition coefficient (Wildman–Crippen LogP) is 2.37. The van der Waals surface area contributed by atoms with Crippen LogP contribution < -0.4 is 10.6 Å². The number of nitrogens with two attached hydrogens (primary N) is 1. The normalized spacial score (nSPS) is 12.0. The maximum atomic E-state index is 13.2. The molecule has 0 aliphatic carbocycles. The molecule has 1 amide bonds. The molecule has 1 atom stereocenters. The monoisotopic (exact) mass is 309 g/mol. The summed E-state index contributed by atoms with van der Waals surface area (Å²) in [5, 5.41) is 4.25. The topological polar surface area (TPSA) is 45.7 Å². The first-order valence-corrected chi connectivity index (χ1v) is 6.79. The number of nitrogens with one attached hydrogen (secondary N) is 1. The Morgan fingerprint density at radius 2 is 1.91 bits per heavy atom. The predicted molar refractivity (Wildman–Crippen MR) is 76.6 cm³/mol. The van der Waals surface area contributed by atoms with Crippen LogP contribution in [0.5, 0.6) is 0 Å². The zero-order chi connectivity index (χ0) is 16.1. The van der Waals surface area contributed by atoms with E-state index in [9.17, 15) is 18.0 Å². The van der Waals surface area contributed by atoms with Crippen molar-refractivity contribution in [2.24, 2.45) is 0 Å². The van der Waals surface area contributed by atoms with Gasteiger partial charge >= 0.3 is 0 Å². The average molecular weight is 309 g/mol. The maximum Gasteiger partial charge on any atom is 0.279 e. The lowest BCUT2D eigenvalue weighted by molar-refractivity contribution is -0.682. The van der Waals surface area contributed by atoms with Crippen LogP contribution in [0, 0.1) is 17.5 Å². The second-order valence-electron chi connectivity index (χ2n) is 4.96. The Morgan fingerprint density at radius 1 is 1.14 bits per heavy atom. The van der Waals surface area contributed by atoms with Gasteiger partial charge in [0.1, 0.15) is 11.9 Å². The SMILES string of the molecule is C[C@@H]([NH2+]CC(=O)Nc1cccc(F)c1)c1ccc(F)c(F)c1. The highest BCUT2D eigenvalue weighted by molar-refractivity contribution is 5.91. The van der Waals surface area contributed by atoms with E-state index >= 15 is 0 Å². The molecule has 0 aliphatic heterocycles. The molecule has 0 aromatic heterocycles. The number of carbonyl (C=O) groups is 1. The molecule has 0 aliphatic rings. The second kappa shape index (κ2) is 7.09. The lowest BCUT2D eigenvalue weighted by atomic mass is 10.1. The smallest absolute Gasteiger partial charge is 0.279 e. The number of quaternary nitrogens is 1. The first kappa shape index (κ1) is 16.0. The van der Waals surface area contributed by atoms with Gasteiger partial charge in [-0.3, -0.25) is 4.79 Å². The summed E-state index contributed by atoms with van der Waals surface area (Å²) in [4.78, 5) is 11.8. The largest absolute Gasteiger partial charge is 0.333 e. The summed E-state index contributed by atoms with van der Waals surface area (Å²) in [7, 11) is 0. The van der Waals surface area contributed by atoms with Gasteiger partial charge in [0.2, 0.25) is 0 Å². The van der Waals surface area contributed by atoms with Gasteiger partial charge in [0.05, 0.1) is 0 Å². The van der Waals surface area contributed by atoms with E-state index in [-0.39, 0.29) is 18.5 Å². The summed E-state index contributed by atoms with van der Waals surface area (Å²) in [6.07, 6.45) is 0. The summed E-state index contributed by atoms with van der Waals surface area (Å²) in [6, 6.07) is 9.02. The van der Waals surface area contributed by atoms with Crippen LogP contribution in [-0.2, 0) is 4.79 Å². The van der Waals surface area contributed by atoms with Crippen molar-refractivity contribution in [3.63, 3.8) is 0 Å². The fourth-order valence-corrected chi connectivity index (χ4v) is 1.99. The highest BCUT2D eigenvalue weighted by Crippen LogP contribution is 2.13. The summed E-state index contributed by atoms with van der Waals surface area (Å²) in [6.45, 7) is 1.86. The van der Waals surface area contributed by atoms with Crippen molar-refractivity contribution in [2.45, 2.75) is 13.0 Å². The lowest BCUT2D eigenvalue weighted by Gasteiger charge is -2.11. The van der Waals surface area contributed by atoms with Crippen LogP contribution in [0.1, 0.15) is 18.5 Å². The van der Waals surface area contributed by atoms with E-state index in [1.54, 1.807) is 18.3 Å². The maximum absolute atomic E-state index is 13.2. The molecule has 0 bridgehead atoms. The van der Waals surface area contributed by atoms with Crippen molar-refractivity contribution >= 4 is 11.6 Å². The average Bonchev–Trinajstić information content (AvgIpc) is 2.47. The van der Waals surface area contributed by atoms with Crippen LogP contribution in [0.15, 0.2) is 42.5 Å². The van der Waals surface area contributed by atoms with Crippen molar-refractivity contribution in [3.8, 4) is 0 Å². The molecular formula is C16H16F3N2O+. The Bertz CT molecular complexity index is 676. The van der Waals surface area contributed by atoms with Gasteiger partial charge in [-0.05, 0) is 43.3 Å². The first-order valence-electron chi connectivity index (χ1n) is 6.79. The number of hydrogen-bond acceptors (Lipinski definition) is 1. The number of hydrogen-bond donors (Lipinski definition) is 2. The quantitative estimate of drug-likeness (QED) is 0.875. The van der Waals surface area contributed by atoms with Crippen molar-refractivity contribution in [1.29, 1.82) is 0 Å². The molecule has 2 aromatic carbocycles. The van der Waals surface area contributed by atoms with Gasteiger partial charge < -0.3 is 10.6 Å². The Morgan fingerprint density at radius 3 is 2.59 bits per heavy atom. The van der Waals surface area contributed by atoms with Gasteiger partial charge in [-0.15, -0.1) is 0 Å². The molecule has 3 N–H and O–H groups in total. The fraction of sp³-hybridized carbons (Fsp3) is 0.188. The van der Waals surface area contributed by atoms with E-state index in [1.165, 1.54) is 24.3 Å². The van der Waals surface area contributed by atoms with Crippen molar-refractivity contribution in [2.75, 3.05) is 11.9 Å². The van der Waals surface area contributed by atoms with E-state index in [2.05, 4.69) is 5.32 Å². The number of benzene rings is 2. The van der Waals surface area contributed by atoms with E-state index < -0.39 is 17.5 Å². The van der Waals surface area contributed by atoms with Gasteiger partial charge in [-0.25, -0.2) is 13.2 Å². The second-order valence-corrected chi connectivity index (χ2v) is 4.96. The summed E-state index contributed by atoms with van der Waals surface area (Å²) in [5.41, 5.74) is 0.955. The van der Waals surface area contributed by atoms with E-state index in [1.807, 2.05) is 0 Å². The summed E-state index contributed by atoms with van der Waals surface area (Å²) >= 11 is 0. The zero-order valence-corrected chi connectivity index (χ0v) is 11.9. The van der Waals surface area contributed by atoms with Crippen LogP contribution in [0.2, 0.25) is 0 Å². The van der Waals surface area contributed by atoms with Crippen LogP contribution in [-0.4, -0.2) is 12.5 Å². The summed E-state index contributed by atoms with van der Waals surface area (Å²) in [5.74, 6) is -2.56. The number of halogens is 3. The molecule has 0 saturated carbocycles. The molecule has 2 rings (SSSR count). The third kappa shape index (κ3) is 4.33. The molecule has 3 nitrogen and oxygen atoms in total. The van der Waals surface area contributed by atoms with E-state index in [0.29, 0.717) is 11.3 Å². The van der Waals surface area contributed by atoms with Crippen LogP contribution in [0.4, 0.5) is 18.9 Å². The molecule has 22 heavy (non-hydrogen) atoms. The van der Waals surface area contributed by atoms with E-state index in [0.717, 1.165) is 12.1 Å². The zero-order valence-electron chi connectivity index (χ0n) is 11.9. The minimum Gasteiger partial charge on any atom is -0.333 e. The third-order valence-electron chi connectivity index (χ3n) is 3.23. The molecule has 0 radical (unpaired) electrons. The van der Waals surface area contributed by atoms with Crippen LogP contribution >= 0.6 is 0 Å². The van der Waals surface area contributed by atoms with E-state index in [4.69, 9.17) is 0 Å². The number of carbonyl (C=O) groups excluding carboxylic acids is 1. The van der Waals surface area contributed by atoms with Crippen LogP contribution in [0.25, 0.3) is 0 Å². The molecule has 0 fully saturated rings. The highest BCUT2D eigenvalue weighted by Gasteiger charge is 2.14. The van der Waals surface area contributed by atoms with Crippen molar-refractivity contribution in [3.05, 3.63) is 65.5 Å². The number of anilines is 1. The van der Waals surface area contributed by atoms with Gasteiger partial charge in [0.25, 0.3) is 5.91 Å². The van der Waals surface area contributed by atoms with Crippen molar-refractivity contribution in [1.82, 2.24) is 0 Å². The molecule has 0 unspecified atom stereocenters. The molecule has 0 heterocycles. The number of rotatable bonds is 5. The fourth-order valence-electron chi connectivity index (χ4n) is 1.99. The minimum atomic E-state index is -0.915. The molecule has 2 aromatic rings. The lowest BCUT2D eigenvalue weighted by Crippen LogP contribution is -2.86. The summed E-state index contributed by atoms with van der Waals surface area (Å²) < 4.78 is 39.0. The van der Waals surface area contributed by atoms with Gasteiger partial charge in [-0.2, -0.15) is 0 Å².